The van der Waals surface area contributed by atoms with E-state index in [9.17, 15) is 0 Å². The van der Waals surface area contributed by atoms with E-state index in [0.29, 0.717) is 12.2 Å². The molecule has 0 N–H and O–H groups in total. The zero-order chi connectivity index (χ0) is 16.6. The molecule has 0 saturated carbocycles. The average molecular weight is 342 g/mol. The smallest absolute Gasteiger partial charge is 0.208 e. The Morgan fingerprint density at radius 2 is 1.72 bits per heavy atom. The molecule has 2 aromatic rings. The van der Waals surface area contributed by atoms with Crippen LogP contribution in [0.1, 0.15) is 25.7 Å². The second-order valence-corrected chi connectivity index (χ2v) is 7.46. The number of benzene rings is 1. The van der Waals surface area contributed by atoms with Gasteiger partial charge in [-0.05, 0) is 37.8 Å². The van der Waals surface area contributed by atoms with Crippen LogP contribution in [0.25, 0.3) is 11.0 Å². The van der Waals surface area contributed by atoms with Gasteiger partial charge in [0.2, 0.25) is 5.95 Å². The molecular weight excluding hydrogens is 316 g/mol. The monoisotopic (exact) mass is 342 g/mol. The number of ether oxygens (including phenoxy) is 2. The van der Waals surface area contributed by atoms with Crippen molar-refractivity contribution >= 4 is 17.0 Å². The third kappa shape index (κ3) is 3.03. The first-order valence-corrected chi connectivity index (χ1v) is 9.52. The van der Waals surface area contributed by atoms with Gasteiger partial charge in [0.05, 0.1) is 36.6 Å². The number of hydrogen-bond acceptors (Lipinski definition) is 5. The van der Waals surface area contributed by atoms with E-state index in [-0.39, 0.29) is 0 Å². The Balaban J connectivity index is 1.44. The summed E-state index contributed by atoms with van der Waals surface area (Å²) in [5.74, 6) is 1.08. The predicted molar refractivity (Wildman–Crippen MR) is 96.6 cm³/mol. The minimum atomic E-state index is 0.330. The highest BCUT2D eigenvalue weighted by Crippen LogP contribution is 2.29. The molecule has 2 fully saturated rings. The SMILES string of the molecule is c1ccc2c(c1)nc1n2CN(C[C@H]2CCCO2)CN1C[C@H]1CCCO1. The lowest BCUT2D eigenvalue weighted by molar-refractivity contribution is 0.0548. The first-order valence-electron chi connectivity index (χ1n) is 9.52. The van der Waals surface area contributed by atoms with Crippen LogP contribution in [0.3, 0.4) is 0 Å². The molecule has 1 aromatic carbocycles. The number of rotatable bonds is 4. The van der Waals surface area contributed by atoms with Crippen molar-refractivity contribution in [1.82, 2.24) is 14.5 Å². The Hall–Kier alpha value is -1.63. The molecule has 0 aliphatic carbocycles. The largest absolute Gasteiger partial charge is 0.377 e. The number of para-hydroxylation sites is 2. The molecule has 134 valence electrons. The fraction of sp³-hybridized carbons (Fsp3) is 0.632. The van der Waals surface area contributed by atoms with Crippen LogP contribution in [0, 0.1) is 0 Å². The van der Waals surface area contributed by atoms with Crippen LogP contribution in [0.4, 0.5) is 5.95 Å². The molecule has 6 heteroatoms. The first kappa shape index (κ1) is 15.6. The summed E-state index contributed by atoms with van der Waals surface area (Å²) in [4.78, 5) is 9.81. The van der Waals surface area contributed by atoms with Gasteiger partial charge in [-0.2, -0.15) is 0 Å². The highest BCUT2D eigenvalue weighted by atomic mass is 16.5. The van der Waals surface area contributed by atoms with Gasteiger partial charge in [0.1, 0.15) is 0 Å². The number of fused-ring (bicyclic) bond motifs is 3. The molecule has 1 aromatic heterocycles. The van der Waals surface area contributed by atoms with Gasteiger partial charge >= 0.3 is 0 Å². The van der Waals surface area contributed by atoms with Gasteiger partial charge in [-0.15, -0.1) is 0 Å². The molecule has 4 heterocycles. The van der Waals surface area contributed by atoms with E-state index >= 15 is 0 Å². The summed E-state index contributed by atoms with van der Waals surface area (Å²) in [6.45, 7) is 5.52. The molecule has 0 amide bonds. The molecule has 0 radical (unpaired) electrons. The second kappa shape index (κ2) is 6.59. The average Bonchev–Trinajstić information content (AvgIpc) is 3.36. The fourth-order valence-electron chi connectivity index (χ4n) is 4.36. The summed E-state index contributed by atoms with van der Waals surface area (Å²) >= 11 is 0. The van der Waals surface area contributed by atoms with Crippen LogP contribution in [-0.2, 0) is 16.1 Å². The van der Waals surface area contributed by atoms with Crippen molar-refractivity contribution in [2.24, 2.45) is 0 Å². The molecule has 2 saturated heterocycles. The maximum Gasteiger partial charge on any atom is 0.208 e. The van der Waals surface area contributed by atoms with Gasteiger partial charge in [-0.3, -0.25) is 9.47 Å². The third-order valence-electron chi connectivity index (χ3n) is 5.56. The maximum atomic E-state index is 5.89. The Morgan fingerprint density at radius 3 is 2.48 bits per heavy atom. The number of hydrogen-bond donors (Lipinski definition) is 0. The normalized spacial score (nSPS) is 27.3. The van der Waals surface area contributed by atoms with Crippen LogP contribution in [0.5, 0.6) is 0 Å². The summed E-state index contributed by atoms with van der Waals surface area (Å²) < 4.78 is 14.1. The molecule has 2 atom stereocenters. The van der Waals surface area contributed by atoms with E-state index in [1.165, 1.54) is 24.8 Å². The molecule has 0 bridgehead atoms. The molecule has 3 aliphatic heterocycles. The standard InChI is InChI=1S/C19H26N4O2/c1-2-8-18-17(7-1)20-19-22(12-16-6-4-10-25-16)13-21(14-23(18)19)11-15-5-3-9-24-15/h1-2,7-8,15-16H,3-6,9-14H2/t15-,16-/m1/s1. The zero-order valence-corrected chi connectivity index (χ0v) is 14.6. The highest BCUT2D eigenvalue weighted by molar-refractivity contribution is 5.79. The molecule has 0 unspecified atom stereocenters. The van der Waals surface area contributed by atoms with Crippen molar-refractivity contribution in [2.75, 3.05) is 37.9 Å². The molecule has 6 nitrogen and oxygen atoms in total. The van der Waals surface area contributed by atoms with Gasteiger partial charge in [0.15, 0.2) is 0 Å². The van der Waals surface area contributed by atoms with Crippen molar-refractivity contribution in [3.63, 3.8) is 0 Å². The number of anilines is 1. The lowest BCUT2D eigenvalue weighted by Gasteiger charge is -2.38. The van der Waals surface area contributed by atoms with Gasteiger partial charge < -0.3 is 14.4 Å². The Bertz CT molecular complexity index is 734. The van der Waals surface area contributed by atoms with Crippen molar-refractivity contribution in [3.05, 3.63) is 24.3 Å². The van der Waals surface area contributed by atoms with E-state index in [1.54, 1.807) is 0 Å². The van der Waals surface area contributed by atoms with E-state index in [2.05, 4.69) is 38.6 Å². The van der Waals surface area contributed by atoms with Crippen LogP contribution in [0.15, 0.2) is 24.3 Å². The van der Waals surface area contributed by atoms with Crippen LogP contribution >= 0.6 is 0 Å². The predicted octanol–water partition coefficient (Wildman–Crippen LogP) is 2.43. The lowest BCUT2D eigenvalue weighted by atomic mass is 10.2. The van der Waals surface area contributed by atoms with Crippen LogP contribution in [-0.4, -0.2) is 59.6 Å². The summed E-state index contributed by atoms with van der Waals surface area (Å²) in [6, 6.07) is 8.44. The minimum Gasteiger partial charge on any atom is -0.377 e. The quantitative estimate of drug-likeness (QED) is 0.854. The van der Waals surface area contributed by atoms with Crippen molar-refractivity contribution in [3.8, 4) is 0 Å². The van der Waals surface area contributed by atoms with Crippen LogP contribution in [0.2, 0.25) is 0 Å². The lowest BCUT2D eigenvalue weighted by Crippen LogP contribution is -2.49. The van der Waals surface area contributed by atoms with E-state index in [4.69, 9.17) is 14.5 Å². The summed E-state index contributed by atoms with van der Waals surface area (Å²) in [7, 11) is 0. The zero-order valence-electron chi connectivity index (χ0n) is 14.6. The molecule has 5 rings (SSSR count). The number of aromatic nitrogens is 2. The fourth-order valence-corrected chi connectivity index (χ4v) is 4.36. The van der Waals surface area contributed by atoms with Gasteiger partial charge in [-0.1, -0.05) is 12.1 Å². The number of imidazole rings is 1. The molecule has 3 aliphatic rings. The van der Waals surface area contributed by atoms with Crippen molar-refractivity contribution < 1.29 is 9.47 Å². The summed E-state index contributed by atoms with van der Waals surface area (Å²) in [5.41, 5.74) is 2.29. The van der Waals surface area contributed by atoms with Crippen molar-refractivity contribution in [2.45, 2.75) is 44.6 Å². The van der Waals surface area contributed by atoms with E-state index < -0.39 is 0 Å². The summed E-state index contributed by atoms with van der Waals surface area (Å²) in [5, 5.41) is 0. The Labute approximate surface area is 148 Å². The molecular formula is C19H26N4O2. The maximum absolute atomic E-state index is 5.89. The van der Waals surface area contributed by atoms with Crippen LogP contribution < -0.4 is 4.90 Å². The molecule has 25 heavy (non-hydrogen) atoms. The highest BCUT2D eigenvalue weighted by Gasteiger charge is 2.30. The first-order chi connectivity index (χ1) is 12.4. The van der Waals surface area contributed by atoms with Gasteiger partial charge in [0.25, 0.3) is 0 Å². The van der Waals surface area contributed by atoms with E-state index in [0.717, 1.165) is 57.5 Å². The van der Waals surface area contributed by atoms with Crippen molar-refractivity contribution in [1.29, 1.82) is 0 Å². The second-order valence-electron chi connectivity index (χ2n) is 7.46. The number of nitrogens with zero attached hydrogens (tertiary/aromatic N) is 4. The minimum absolute atomic E-state index is 0.330. The Morgan fingerprint density at radius 1 is 0.960 bits per heavy atom. The Kier molecular flexibility index (Phi) is 4.12. The topological polar surface area (TPSA) is 42.8 Å². The third-order valence-corrected chi connectivity index (χ3v) is 5.56. The van der Waals surface area contributed by atoms with Gasteiger partial charge in [-0.25, -0.2) is 4.98 Å². The molecule has 0 spiro atoms. The summed E-state index contributed by atoms with van der Waals surface area (Å²) in [6.07, 6.45) is 5.41. The van der Waals surface area contributed by atoms with E-state index in [1.807, 2.05) is 0 Å². The van der Waals surface area contributed by atoms with Gasteiger partial charge in [0, 0.05) is 26.3 Å².